The van der Waals surface area contributed by atoms with E-state index in [9.17, 15) is 0 Å². The molecule has 78 valence electrons. The average molecular weight is 269 g/mol. The van der Waals surface area contributed by atoms with Crippen LogP contribution in [0.25, 0.3) is 0 Å². The first-order valence-corrected chi connectivity index (χ1v) is 8.10. The van der Waals surface area contributed by atoms with Gasteiger partial charge in [0.05, 0.1) is 6.10 Å². The van der Waals surface area contributed by atoms with Crippen molar-refractivity contribution >= 4 is 40.9 Å². The van der Waals surface area contributed by atoms with Gasteiger partial charge in [0.25, 0.3) is 0 Å². The van der Waals surface area contributed by atoms with Gasteiger partial charge in [0.15, 0.2) is 6.70 Å². The van der Waals surface area contributed by atoms with Crippen LogP contribution in [0.1, 0.15) is 13.8 Å². The third-order valence-corrected chi connectivity index (χ3v) is 4.93. The molecular weight excluding hydrogens is 258 g/mol. The summed E-state index contributed by atoms with van der Waals surface area (Å²) in [7, 11) is 0. The van der Waals surface area contributed by atoms with Crippen LogP contribution < -0.4 is 0 Å². The molecule has 0 amide bonds. The third kappa shape index (κ3) is 4.86. The van der Waals surface area contributed by atoms with Crippen LogP contribution >= 0.6 is 40.9 Å². The number of rotatable bonds is 4. The van der Waals surface area contributed by atoms with Gasteiger partial charge in [-0.25, -0.2) is 0 Å². The lowest BCUT2D eigenvalue weighted by Gasteiger charge is -2.12. The Labute approximate surface area is 99.5 Å². The van der Waals surface area contributed by atoms with Crippen LogP contribution in [0.5, 0.6) is 0 Å². The zero-order chi connectivity index (χ0) is 10.6. The van der Waals surface area contributed by atoms with Gasteiger partial charge in [0.2, 0.25) is 0 Å². The largest absolute Gasteiger partial charge is 0.332 e. The van der Waals surface area contributed by atoms with Crippen molar-refractivity contribution in [3.63, 3.8) is 0 Å². The molecule has 0 saturated heterocycles. The van der Waals surface area contributed by atoms with E-state index in [1.807, 2.05) is 38.1 Å². The second kappa shape index (κ2) is 6.19. The van der Waals surface area contributed by atoms with Crippen LogP contribution in [-0.4, -0.2) is 6.10 Å². The normalized spacial score (nSPS) is 13.2. The van der Waals surface area contributed by atoms with Gasteiger partial charge in [-0.3, -0.25) is 0 Å². The molecule has 14 heavy (non-hydrogen) atoms. The summed E-state index contributed by atoms with van der Waals surface area (Å²) >= 11 is 13.3. The smallest absolute Gasteiger partial charge is 0.193 e. The van der Waals surface area contributed by atoms with Gasteiger partial charge >= 0.3 is 0 Å². The van der Waals surface area contributed by atoms with Crippen molar-refractivity contribution in [3.05, 3.63) is 29.3 Å². The molecule has 1 nitrogen and oxygen atoms in total. The van der Waals surface area contributed by atoms with Gasteiger partial charge in [-0.05, 0) is 38.1 Å². The molecule has 0 aliphatic carbocycles. The van der Waals surface area contributed by atoms with E-state index in [1.54, 1.807) is 0 Å². The molecule has 1 aromatic carbocycles. The first-order valence-electron chi connectivity index (χ1n) is 4.14. The van der Waals surface area contributed by atoms with Gasteiger partial charge < -0.3 is 4.52 Å². The molecule has 0 saturated carbocycles. The predicted octanol–water partition coefficient (Wildman–Crippen LogP) is 5.32. The third-order valence-electron chi connectivity index (χ3n) is 1.28. The Hall–Kier alpha value is 0.540. The maximum absolute atomic E-state index is 6.02. The molecule has 0 spiro atoms. The van der Waals surface area contributed by atoms with E-state index in [1.165, 1.54) is 11.4 Å². The summed E-state index contributed by atoms with van der Waals surface area (Å²) < 4.78 is 5.44. The number of hydrogen-bond acceptors (Lipinski definition) is 2. The van der Waals surface area contributed by atoms with E-state index >= 15 is 0 Å². The van der Waals surface area contributed by atoms with Crippen LogP contribution in [0.3, 0.4) is 0 Å². The maximum Gasteiger partial charge on any atom is 0.193 e. The van der Waals surface area contributed by atoms with Gasteiger partial charge in [-0.2, -0.15) is 0 Å². The fourth-order valence-electron chi connectivity index (χ4n) is 0.766. The summed E-state index contributed by atoms with van der Waals surface area (Å²) in [6.07, 6.45) is 0.165. The Morgan fingerprint density at radius 1 is 1.29 bits per heavy atom. The van der Waals surface area contributed by atoms with Gasteiger partial charge in [-0.1, -0.05) is 34.2 Å². The second-order valence-electron chi connectivity index (χ2n) is 2.91. The number of benzene rings is 1. The van der Waals surface area contributed by atoms with Gasteiger partial charge in [0.1, 0.15) is 0 Å². The highest BCUT2D eigenvalue weighted by molar-refractivity contribution is 8.61. The molecule has 5 heteroatoms. The van der Waals surface area contributed by atoms with Crippen molar-refractivity contribution in [2.24, 2.45) is 0 Å². The SMILES string of the molecule is CC(C)OP(Cl)Sc1ccc(Cl)cc1. The zero-order valence-electron chi connectivity index (χ0n) is 7.91. The summed E-state index contributed by atoms with van der Waals surface area (Å²) in [6.45, 7) is 2.98. The van der Waals surface area contributed by atoms with E-state index in [4.69, 9.17) is 27.4 Å². The average Bonchev–Trinajstić information content (AvgIpc) is 2.07. The van der Waals surface area contributed by atoms with Gasteiger partial charge in [-0.15, -0.1) is 0 Å². The number of halogens is 2. The summed E-state index contributed by atoms with van der Waals surface area (Å²) in [5.41, 5.74) is 0. The standard InChI is InChI=1S/C9H11Cl2OPS/c1-7(2)12-13(11)14-9-5-3-8(10)4-6-9/h3-7H,1-2H3. The van der Waals surface area contributed by atoms with Crippen molar-refractivity contribution in [1.82, 2.24) is 0 Å². The molecular formula is C9H11Cl2OPS. The molecule has 0 radical (unpaired) electrons. The predicted molar refractivity (Wildman–Crippen MR) is 66.3 cm³/mol. The topological polar surface area (TPSA) is 9.23 Å². The maximum atomic E-state index is 6.02. The first-order chi connectivity index (χ1) is 6.58. The fourth-order valence-corrected chi connectivity index (χ4v) is 4.39. The molecule has 0 fully saturated rings. The van der Waals surface area contributed by atoms with Crippen LogP contribution in [0.15, 0.2) is 29.2 Å². The lowest BCUT2D eigenvalue weighted by Crippen LogP contribution is -1.93. The van der Waals surface area contributed by atoms with Crippen LogP contribution in [0, 0.1) is 0 Å². The van der Waals surface area contributed by atoms with Crippen molar-refractivity contribution in [2.45, 2.75) is 24.8 Å². The van der Waals surface area contributed by atoms with Crippen molar-refractivity contribution in [1.29, 1.82) is 0 Å². The Morgan fingerprint density at radius 2 is 1.86 bits per heavy atom. The lowest BCUT2D eigenvalue weighted by atomic mass is 10.4. The van der Waals surface area contributed by atoms with Crippen LogP contribution in [-0.2, 0) is 4.52 Å². The zero-order valence-corrected chi connectivity index (χ0v) is 11.1. The van der Waals surface area contributed by atoms with E-state index < -0.39 is 6.70 Å². The summed E-state index contributed by atoms with van der Waals surface area (Å²) in [5, 5.41) is 0.734. The second-order valence-corrected chi connectivity index (χ2v) is 7.70. The van der Waals surface area contributed by atoms with Crippen LogP contribution in [0.4, 0.5) is 0 Å². The minimum atomic E-state index is -0.960. The lowest BCUT2D eigenvalue weighted by molar-refractivity contribution is 0.282. The molecule has 0 bridgehead atoms. The molecule has 1 rings (SSSR count). The van der Waals surface area contributed by atoms with Crippen LogP contribution in [0.2, 0.25) is 5.02 Å². The molecule has 0 N–H and O–H groups in total. The Morgan fingerprint density at radius 3 is 2.36 bits per heavy atom. The van der Waals surface area contributed by atoms with E-state index in [2.05, 4.69) is 0 Å². The minimum Gasteiger partial charge on any atom is -0.332 e. The fraction of sp³-hybridized carbons (Fsp3) is 0.333. The number of hydrogen-bond donors (Lipinski definition) is 0. The first kappa shape index (κ1) is 12.6. The highest BCUT2D eigenvalue weighted by Crippen LogP contribution is 2.59. The molecule has 0 aliphatic rings. The van der Waals surface area contributed by atoms with Gasteiger partial charge in [0, 0.05) is 9.92 Å². The highest BCUT2D eigenvalue weighted by Gasteiger charge is 2.09. The van der Waals surface area contributed by atoms with Crippen molar-refractivity contribution in [3.8, 4) is 0 Å². The molecule has 0 aliphatic heterocycles. The molecule has 0 heterocycles. The minimum absolute atomic E-state index is 0.165. The van der Waals surface area contributed by atoms with E-state index in [0.29, 0.717) is 0 Å². The summed E-state index contributed by atoms with van der Waals surface area (Å²) in [5.74, 6) is 0. The molecule has 1 unspecified atom stereocenters. The Kier molecular flexibility index (Phi) is 5.58. The quantitative estimate of drug-likeness (QED) is 0.684. The van der Waals surface area contributed by atoms with Crippen molar-refractivity contribution in [2.75, 3.05) is 0 Å². The monoisotopic (exact) mass is 268 g/mol. The summed E-state index contributed by atoms with van der Waals surface area (Å²) in [4.78, 5) is 1.08. The Balaban J connectivity index is 2.47. The highest BCUT2D eigenvalue weighted by atomic mass is 35.7. The molecule has 1 atom stereocenters. The summed E-state index contributed by atoms with van der Waals surface area (Å²) in [6, 6.07) is 7.57. The van der Waals surface area contributed by atoms with E-state index in [-0.39, 0.29) is 6.10 Å². The van der Waals surface area contributed by atoms with Crippen molar-refractivity contribution < 1.29 is 4.52 Å². The Bertz CT molecular complexity index is 279. The molecule has 0 aromatic heterocycles. The van der Waals surface area contributed by atoms with E-state index in [0.717, 1.165) is 9.92 Å². The molecule has 1 aromatic rings.